The van der Waals surface area contributed by atoms with Crippen molar-refractivity contribution in [3.63, 3.8) is 0 Å². The molecule has 0 radical (unpaired) electrons. The van der Waals surface area contributed by atoms with Crippen molar-refractivity contribution in [2.45, 2.75) is 25.9 Å². The second kappa shape index (κ2) is 5.76. The van der Waals surface area contributed by atoms with Gasteiger partial charge in [-0.05, 0) is 25.1 Å². The Labute approximate surface area is 128 Å². The lowest BCUT2D eigenvalue weighted by molar-refractivity contribution is 0.182. The van der Waals surface area contributed by atoms with E-state index < -0.39 is 0 Å². The molecule has 1 aliphatic rings. The second-order valence-electron chi connectivity index (χ2n) is 5.33. The molecule has 1 aromatic carbocycles. The van der Waals surface area contributed by atoms with Crippen LogP contribution in [0.15, 0.2) is 36.4 Å². The molecular weight excluding hydrogens is 290 g/mol. The van der Waals surface area contributed by atoms with Gasteiger partial charge in [0.25, 0.3) is 0 Å². The molecule has 4 heteroatoms. The SMILES string of the molecule is CC(NC1c2ccccc2OCC1C)c1ccc(Cl)s1. The highest BCUT2D eigenvalue weighted by molar-refractivity contribution is 7.16. The number of halogens is 1. The van der Waals surface area contributed by atoms with Crippen LogP contribution in [0.2, 0.25) is 4.34 Å². The van der Waals surface area contributed by atoms with Gasteiger partial charge in [-0.3, -0.25) is 0 Å². The first kappa shape index (κ1) is 13.9. The summed E-state index contributed by atoms with van der Waals surface area (Å²) in [6.45, 7) is 5.17. The van der Waals surface area contributed by atoms with Crippen molar-refractivity contribution in [3.05, 3.63) is 51.2 Å². The molecule has 20 heavy (non-hydrogen) atoms. The highest BCUT2D eigenvalue weighted by Gasteiger charge is 2.29. The number of rotatable bonds is 3. The molecule has 0 bridgehead atoms. The molecule has 1 aromatic heterocycles. The maximum absolute atomic E-state index is 6.03. The van der Waals surface area contributed by atoms with Crippen molar-refractivity contribution in [3.8, 4) is 5.75 Å². The van der Waals surface area contributed by atoms with Gasteiger partial charge in [0.2, 0.25) is 0 Å². The first-order chi connectivity index (χ1) is 9.65. The number of hydrogen-bond acceptors (Lipinski definition) is 3. The molecule has 0 saturated heterocycles. The molecule has 0 saturated carbocycles. The summed E-state index contributed by atoms with van der Waals surface area (Å²) in [7, 11) is 0. The van der Waals surface area contributed by atoms with Gasteiger partial charge in [0, 0.05) is 28.4 Å². The zero-order chi connectivity index (χ0) is 14.1. The minimum Gasteiger partial charge on any atom is -0.493 e. The third kappa shape index (κ3) is 2.71. The van der Waals surface area contributed by atoms with Gasteiger partial charge in [0.1, 0.15) is 5.75 Å². The molecule has 2 nitrogen and oxygen atoms in total. The van der Waals surface area contributed by atoms with E-state index in [0.717, 1.165) is 16.7 Å². The third-order valence-electron chi connectivity index (χ3n) is 3.78. The fraction of sp³-hybridized carbons (Fsp3) is 0.375. The van der Waals surface area contributed by atoms with E-state index in [2.05, 4.69) is 37.4 Å². The highest BCUT2D eigenvalue weighted by atomic mass is 35.5. The fourth-order valence-electron chi connectivity index (χ4n) is 2.66. The summed E-state index contributed by atoms with van der Waals surface area (Å²) in [5.74, 6) is 1.45. The lowest BCUT2D eigenvalue weighted by Crippen LogP contribution is -2.35. The average Bonchev–Trinajstić information content (AvgIpc) is 2.89. The van der Waals surface area contributed by atoms with E-state index in [1.807, 2.05) is 18.2 Å². The minimum atomic E-state index is 0.283. The number of benzene rings is 1. The number of hydrogen-bond donors (Lipinski definition) is 1. The Morgan fingerprint density at radius 3 is 2.85 bits per heavy atom. The Kier molecular flexibility index (Phi) is 4.01. The zero-order valence-corrected chi connectivity index (χ0v) is 13.2. The molecule has 0 fully saturated rings. The Balaban J connectivity index is 1.83. The molecule has 0 amide bonds. The van der Waals surface area contributed by atoms with Gasteiger partial charge in [-0.15, -0.1) is 11.3 Å². The summed E-state index contributed by atoms with van der Waals surface area (Å²) in [6.07, 6.45) is 0. The molecule has 3 rings (SSSR count). The Morgan fingerprint density at radius 1 is 1.30 bits per heavy atom. The lowest BCUT2D eigenvalue weighted by atomic mass is 9.91. The first-order valence-electron chi connectivity index (χ1n) is 6.88. The second-order valence-corrected chi connectivity index (χ2v) is 7.08. The molecule has 3 unspecified atom stereocenters. The molecule has 106 valence electrons. The summed E-state index contributed by atoms with van der Waals surface area (Å²) in [5.41, 5.74) is 1.25. The quantitative estimate of drug-likeness (QED) is 0.877. The fourth-order valence-corrected chi connectivity index (χ4v) is 3.73. The van der Waals surface area contributed by atoms with Gasteiger partial charge in [-0.25, -0.2) is 0 Å². The van der Waals surface area contributed by atoms with Gasteiger partial charge in [-0.2, -0.15) is 0 Å². The summed E-state index contributed by atoms with van der Waals surface area (Å²) < 4.78 is 6.64. The molecule has 2 aromatic rings. The molecule has 1 aliphatic heterocycles. The predicted octanol–water partition coefficient (Wildman–Crippen LogP) is 4.82. The van der Waals surface area contributed by atoms with Crippen LogP contribution in [-0.2, 0) is 0 Å². The largest absolute Gasteiger partial charge is 0.493 e. The number of thiophene rings is 1. The van der Waals surface area contributed by atoms with Crippen molar-refractivity contribution in [2.75, 3.05) is 6.61 Å². The predicted molar refractivity (Wildman–Crippen MR) is 84.7 cm³/mol. The number of ether oxygens (including phenoxy) is 1. The Hall–Kier alpha value is -1.03. The molecule has 1 N–H and O–H groups in total. The molecule has 3 atom stereocenters. The summed E-state index contributed by atoms with van der Waals surface area (Å²) in [6, 6.07) is 12.9. The monoisotopic (exact) mass is 307 g/mol. The lowest BCUT2D eigenvalue weighted by Gasteiger charge is -2.34. The molecule has 0 spiro atoms. The van der Waals surface area contributed by atoms with Crippen LogP contribution < -0.4 is 10.1 Å². The third-order valence-corrected chi connectivity index (χ3v) is 5.19. The normalized spacial score (nSPS) is 22.9. The van der Waals surface area contributed by atoms with Crippen LogP contribution in [-0.4, -0.2) is 6.61 Å². The average molecular weight is 308 g/mol. The summed E-state index contributed by atoms with van der Waals surface area (Å²) in [5, 5.41) is 3.73. The van der Waals surface area contributed by atoms with Crippen LogP contribution in [0.4, 0.5) is 0 Å². The van der Waals surface area contributed by atoms with Crippen molar-refractivity contribution in [2.24, 2.45) is 5.92 Å². The summed E-state index contributed by atoms with van der Waals surface area (Å²) >= 11 is 7.67. The first-order valence-corrected chi connectivity index (χ1v) is 8.07. The molecule has 2 heterocycles. The van der Waals surface area contributed by atoms with E-state index in [1.165, 1.54) is 10.4 Å². The smallest absolute Gasteiger partial charge is 0.124 e. The van der Waals surface area contributed by atoms with Crippen molar-refractivity contribution in [1.29, 1.82) is 0 Å². The van der Waals surface area contributed by atoms with E-state index in [4.69, 9.17) is 16.3 Å². The van der Waals surface area contributed by atoms with E-state index >= 15 is 0 Å². The van der Waals surface area contributed by atoms with E-state index in [0.29, 0.717) is 12.0 Å². The standard InChI is InChI=1S/C16H18ClNOS/c1-10-9-19-13-6-4-3-5-12(13)16(10)18-11(2)14-7-8-15(17)20-14/h3-8,10-11,16,18H,9H2,1-2H3. The Bertz CT molecular complexity index is 598. The van der Waals surface area contributed by atoms with Crippen LogP contribution in [0.1, 0.15) is 36.4 Å². The molecular formula is C16H18ClNOS. The minimum absolute atomic E-state index is 0.283. The number of para-hydroxylation sites is 1. The van der Waals surface area contributed by atoms with E-state index in [9.17, 15) is 0 Å². The number of nitrogens with one attached hydrogen (secondary N) is 1. The van der Waals surface area contributed by atoms with E-state index in [1.54, 1.807) is 11.3 Å². The van der Waals surface area contributed by atoms with Crippen molar-refractivity contribution < 1.29 is 4.74 Å². The van der Waals surface area contributed by atoms with Gasteiger partial charge in [0.05, 0.1) is 10.9 Å². The van der Waals surface area contributed by atoms with Gasteiger partial charge in [-0.1, -0.05) is 36.7 Å². The van der Waals surface area contributed by atoms with Crippen molar-refractivity contribution in [1.82, 2.24) is 5.32 Å². The van der Waals surface area contributed by atoms with E-state index in [-0.39, 0.29) is 6.04 Å². The summed E-state index contributed by atoms with van der Waals surface area (Å²) in [4.78, 5) is 1.27. The maximum atomic E-state index is 6.03. The zero-order valence-electron chi connectivity index (χ0n) is 11.6. The van der Waals surface area contributed by atoms with Crippen LogP contribution in [0.25, 0.3) is 0 Å². The molecule has 0 aliphatic carbocycles. The Morgan fingerprint density at radius 2 is 2.10 bits per heavy atom. The maximum Gasteiger partial charge on any atom is 0.124 e. The van der Waals surface area contributed by atoms with Crippen LogP contribution in [0.5, 0.6) is 5.75 Å². The van der Waals surface area contributed by atoms with Crippen LogP contribution >= 0.6 is 22.9 Å². The van der Waals surface area contributed by atoms with Crippen LogP contribution in [0, 0.1) is 5.92 Å². The van der Waals surface area contributed by atoms with Gasteiger partial charge < -0.3 is 10.1 Å². The van der Waals surface area contributed by atoms with Crippen molar-refractivity contribution >= 4 is 22.9 Å². The topological polar surface area (TPSA) is 21.3 Å². The number of fused-ring (bicyclic) bond motifs is 1. The van der Waals surface area contributed by atoms with Gasteiger partial charge in [0.15, 0.2) is 0 Å². The highest BCUT2D eigenvalue weighted by Crippen LogP contribution is 2.37. The van der Waals surface area contributed by atoms with Gasteiger partial charge >= 0.3 is 0 Å². The van der Waals surface area contributed by atoms with Crippen LogP contribution in [0.3, 0.4) is 0 Å².